The minimum Gasteiger partial charge on any atom is -0.268 e. The Hall–Kier alpha value is -1.08. The molecule has 0 fully saturated rings. The molecule has 106 valence electrons. The Morgan fingerprint density at radius 1 is 1.26 bits per heavy atom. The topological polar surface area (TPSA) is 38.3 Å². The lowest BCUT2D eigenvalue weighted by Crippen LogP contribution is -2.33. The van der Waals surface area contributed by atoms with Crippen LogP contribution in [-0.2, 0) is 11.0 Å². The molecule has 0 saturated heterocycles. The summed E-state index contributed by atoms with van der Waals surface area (Å²) in [6, 6.07) is 3.22. The van der Waals surface area contributed by atoms with Gasteiger partial charge in [0.05, 0.1) is 11.2 Å². The molecule has 1 amide bonds. The minimum atomic E-state index is -4.53. The fourth-order valence-electron chi connectivity index (χ4n) is 1.14. The molecule has 1 aromatic rings. The Balaban J connectivity index is 2.94. The third kappa shape index (κ3) is 4.83. The first kappa shape index (κ1) is 16.0. The van der Waals surface area contributed by atoms with Gasteiger partial charge in [0.2, 0.25) is 0 Å². The van der Waals surface area contributed by atoms with Gasteiger partial charge < -0.3 is 0 Å². The Morgan fingerprint density at radius 3 is 2.32 bits per heavy atom. The van der Waals surface area contributed by atoms with E-state index in [0.717, 1.165) is 6.07 Å². The molecule has 1 N–H and O–H groups in total. The van der Waals surface area contributed by atoms with Crippen molar-refractivity contribution in [2.45, 2.75) is 32.5 Å². The smallest absolute Gasteiger partial charge is 0.268 e. The van der Waals surface area contributed by atoms with Gasteiger partial charge in [-0.1, -0.05) is 15.9 Å². The molecule has 0 unspecified atom stereocenters. The van der Waals surface area contributed by atoms with E-state index in [4.69, 9.17) is 4.84 Å². The molecular weight excluding hydrogens is 327 g/mol. The third-order valence-corrected chi connectivity index (χ3v) is 2.68. The number of alkyl halides is 3. The summed E-state index contributed by atoms with van der Waals surface area (Å²) in [4.78, 5) is 16.7. The number of nitrogens with one attached hydrogen (secondary N) is 1. The van der Waals surface area contributed by atoms with Crippen molar-refractivity contribution in [3.05, 3.63) is 33.8 Å². The van der Waals surface area contributed by atoms with Gasteiger partial charge in [0, 0.05) is 10.0 Å². The van der Waals surface area contributed by atoms with Gasteiger partial charge in [0.15, 0.2) is 0 Å². The number of carbonyl (C=O) groups is 1. The molecule has 0 heterocycles. The maximum atomic E-state index is 12.7. The molecule has 0 spiro atoms. The van der Waals surface area contributed by atoms with Crippen molar-refractivity contribution in [3.8, 4) is 0 Å². The van der Waals surface area contributed by atoms with E-state index in [0.29, 0.717) is 0 Å². The zero-order chi connectivity index (χ0) is 14.8. The standard InChI is InChI=1S/C12H13BrF3NO2/c1-11(2,3)19-17-10(18)7-4-5-9(13)8(6-7)12(14,15)16/h4-6H,1-3H3,(H,17,18). The van der Waals surface area contributed by atoms with Crippen LogP contribution in [0.25, 0.3) is 0 Å². The van der Waals surface area contributed by atoms with Crippen LogP contribution in [0, 0.1) is 0 Å². The van der Waals surface area contributed by atoms with Crippen LogP contribution in [0.15, 0.2) is 22.7 Å². The lowest BCUT2D eigenvalue weighted by molar-refractivity contribution is -0.138. The predicted octanol–water partition coefficient (Wildman–Crippen LogP) is 3.93. The van der Waals surface area contributed by atoms with Gasteiger partial charge in [0.25, 0.3) is 5.91 Å². The molecule has 0 aliphatic rings. The van der Waals surface area contributed by atoms with E-state index in [1.165, 1.54) is 12.1 Å². The van der Waals surface area contributed by atoms with Gasteiger partial charge in [-0.2, -0.15) is 13.2 Å². The Bertz CT molecular complexity index is 481. The number of amides is 1. The van der Waals surface area contributed by atoms with Crippen molar-refractivity contribution < 1.29 is 22.8 Å². The normalized spacial score (nSPS) is 12.4. The summed E-state index contributed by atoms with van der Waals surface area (Å²) in [5.41, 5.74) is 0.457. The molecule has 0 aliphatic carbocycles. The van der Waals surface area contributed by atoms with Crippen molar-refractivity contribution in [3.63, 3.8) is 0 Å². The fourth-order valence-corrected chi connectivity index (χ4v) is 1.61. The quantitative estimate of drug-likeness (QED) is 0.829. The predicted molar refractivity (Wildman–Crippen MR) is 67.4 cm³/mol. The van der Waals surface area contributed by atoms with E-state index in [2.05, 4.69) is 21.4 Å². The third-order valence-electron chi connectivity index (χ3n) is 1.98. The van der Waals surface area contributed by atoms with E-state index >= 15 is 0 Å². The van der Waals surface area contributed by atoms with Crippen molar-refractivity contribution in [1.82, 2.24) is 5.48 Å². The van der Waals surface area contributed by atoms with Crippen molar-refractivity contribution >= 4 is 21.8 Å². The summed E-state index contributed by atoms with van der Waals surface area (Å²) in [6.07, 6.45) is -4.53. The number of hydrogen-bond acceptors (Lipinski definition) is 2. The van der Waals surface area contributed by atoms with Crippen molar-refractivity contribution in [1.29, 1.82) is 0 Å². The molecule has 0 aliphatic heterocycles. The lowest BCUT2D eigenvalue weighted by Gasteiger charge is -2.19. The Morgan fingerprint density at radius 2 is 1.84 bits per heavy atom. The number of benzene rings is 1. The van der Waals surface area contributed by atoms with Crippen LogP contribution in [-0.4, -0.2) is 11.5 Å². The maximum absolute atomic E-state index is 12.7. The van der Waals surface area contributed by atoms with Crippen molar-refractivity contribution in [2.24, 2.45) is 0 Å². The van der Waals surface area contributed by atoms with Crippen LogP contribution in [0.3, 0.4) is 0 Å². The first-order chi connectivity index (χ1) is 8.50. The van der Waals surface area contributed by atoms with Gasteiger partial charge in [-0.3, -0.25) is 9.63 Å². The first-order valence-corrected chi connectivity index (χ1v) is 6.15. The highest BCUT2D eigenvalue weighted by Crippen LogP contribution is 2.35. The zero-order valence-corrected chi connectivity index (χ0v) is 12.1. The maximum Gasteiger partial charge on any atom is 0.417 e. The second kappa shape index (κ2) is 5.50. The lowest BCUT2D eigenvalue weighted by atomic mass is 10.1. The molecule has 0 aromatic heterocycles. The van der Waals surface area contributed by atoms with Crippen LogP contribution in [0.5, 0.6) is 0 Å². The Kier molecular flexibility index (Phi) is 4.63. The number of carbonyl (C=O) groups excluding carboxylic acids is 1. The largest absolute Gasteiger partial charge is 0.417 e. The first-order valence-electron chi connectivity index (χ1n) is 5.36. The van der Waals surface area contributed by atoms with E-state index in [-0.39, 0.29) is 10.0 Å². The van der Waals surface area contributed by atoms with E-state index in [1.54, 1.807) is 20.8 Å². The van der Waals surface area contributed by atoms with E-state index < -0.39 is 23.2 Å². The second-order valence-corrected chi connectivity index (χ2v) is 5.69. The minimum absolute atomic E-state index is 0.117. The monoisotopic (exact) mass is 339 g/mol. The Labute approximate surface area is 117 Å². The van der Waals surface area contributed by atoms with Crippen LogP contribution in [0.4, 0.5) is 13.2 Å². The van der Waals surface area contributed by atoms with Gasteiger partial charge in [0.1, 0.15) is 0 Å². The highest BCUT2D eigenvalue weighted by atomic mass is 79.9. The summed E-state index contributed by atoms with van der Waals surface area (Å²) in [7, 11) is 0. The summed E-state index contributed by atoms with van der Waals surface area (Å²) in [6.45, 7) is 5.11. The van der Waals surface area contributed by atoms with Crippen LogP contribution < -0.4 is 5.48 Å². The average Bonchev–Trinajstić information content (AvgIpc) is 2.24. The fraction of sp³-hybridized carbons (Fsp3) is 0.417. The van der Waals surface area contributed by atoms with E-state index in [9.17, 15) is 18.0 Å². The zero-order valence-electron chi connectivity index (χ0n) is 10.6. The summed E-state index contributed by atoms with van der Waals surface area (Å²) < 4.78 is 37.9. The second-order valence-electron chi connectivity index (χ2n) is 4.84. The molecule has 0 bridgehead atoms. The molecule has 7 heteroatoms. The van der Waals surface area contributed by atoms with Crippen LogP contribution >= 0.6 is 15.9 Å². The molecule has 3 nitrogen and oxygen atoms in total. The molecular formula is C12H13BrF3NO2. The number of halogens is 4. The van der Waals surface area contributed by atoms with Gasteiger partial charge >= 0.3 is 6.18 Å². The highest BCUT2D eigenvalue weighted by molar-refractivity contribution is 9.10. The van der Waals surface area contributed by atoms with Crippen LogP contribution in [0.2, 0.25) is 0 Å². The van der Waals surface area contributed by atoms with Gasteiger partial charge in [-0.25, -0.2) is 5.48 Å². The molecule has 19 heavy (non-hydrogen) atoms. The number of hydroxylamine groups is 1. The summed E-state index contributed by atoms with van der Waals surface area (Å²) in [5.74, 6) is -0.729. The molecule has 0 atom stereocenters. The SMILES string of the molecule is CC(C)(C)ONC(=O)c1ccc(Br)c(C(F)(F)F)c1. The molecule has 1 aromatic carbocycles. The summed E-state index contributed by atoms with van der Waals surface area (Å²) >= 11 is 2.80. The molecule has 1 rings (SSSR count). The number of hydrogen-bond donors (Lipinski definition) is 1. The molecule has 0 radical (unpaired) electrons. The highest BCUT2D eigenvalue weighted by Gasteiger charge is 2.33. The average molecular weight is 340 g/mol. The number of rotatable bonds is 2. The van der Waals surface area contributed by atoms with Gasteiger partial charge in [-0.05, 0) is 39.0 Å². The van der Waals surface area contributed by atoms with Gasteiger partial charge in [-0.15, -0.1) is 0 Å². The van der Waals surface area contributed by atoms with E-state index in [1.807, 2.05) is 0 Å². The van der Waals surface area contributed by atoms with Crippen LogP contribution in [0.1, 0.15) is 36.7 Å². The molecule has 0 saturated carbocycles. The summed E-state index contributed by atoms with van der Waals surface area (Å²) in [5, 5.41) is 0. The van der Waals surface area contributed by atoms with Crippen molar-refractivity contribution in [2.75, 3.05) is 0 Å².